The first kappa shape index (κ1) is 26.7. The molecular weight excluding hydrogens is 535 g/mol. The second kappa shape index (κ2) is 11.5. The van der Waals surface area contributed by atoms with Crippen molar-refractivity contribution in [1.82, 2.24) is 15.2 Å². The minimum atomic E-state index is -1.38. The molecule has 0 spiro atoms. The molecule has 2 bridgehead atoms. The number of carbonyl (C=O) groups excluding carboxylic acids is 1. The smallest absolute Gasteiger partial charge is 0.338 e. The lowest BCUT2D eigenvalue weighted by Crippen LogP contribution is -2.63. The molecule has 3 aliphatic rings. The highest BCUT2D eigenvalue weighted by Crippen LogP contribution is 2.39. The van der Waals surface area contributed by atoms with Crippen LogP contribution in [-0.2, 0) is 19.1 Å². The molecule has 4 heterocycles. The molecule has 2 saturated heterocycles. The number of nitrogens with one attached hydrogen (secondary N) is 1. The molecule has 2 N–H and O–H groups in total. The number of ether oxygens (including phenoxy) is 2. The molecule has 12 heteroatoms. The molecule has 5 unspecified atom stereocenters. The molecule has 38 heavy (non-hydrogen) atoms. The van der Waals surface area contributed by atoms with Crippen molar-refractivity contribution in [3.63, 3.8) is 0 Å². The van der Waals surface area contributed by atoms with Gasteiger partial charge in [-0.1, -0.05) is 29.8 Å². The summed E-state index contributed by atoms with van der Waals surface area (Å²) in [5.74, 6) is -1.67. The van der Waals surface area contributed by atoms with Crippen LogP contribution in [0.4, 0.5) is 4.39 Å². The standard InChI is InChI=1S/C26H28ClFN4O5S/c1-2-37-26(35)21-18(11-32-15-9-14(10-20(33)34)22(28)19(32)13-36-12-15)30-24(25-29-7-8-38-25)31-23(21)16-5-3-4-6-17(16)27/h3-8,14-15,19,22-23H,2,9-13H2,1H3,(H,30,31)(H,33,34). The van der Waals surface area contributed by atoms with Crippen LogP contribution in [0.25, 0.3) is 0 Å². The van der Waals surface area contributed by atoms with E-state index in [2.05, 4.69) is 10.3 Å². The summed E-state index contributed by atoms with van der Waals surface area (Å²) in [4.78, 5) is 35.9. The summed E-state index contributed by atoms with van der Waals surface area (Å²) in [7, 11) is 0. The van der Waals surface area contributed by atoms with Crippen LogP contribution >= 0.6 is 22.9 Å². The van der Waals surface area contributed by atoms with Gasteiger partial charge in [0.15, 0.2) is 10.8 Å². The van der Waals surface area contributed by atoms with E-state index in [9.17, 15) is 14.7 Å². The topological polar surface area (TPSA) is 113 Å². The average Bonchev–Trinajstić information content (AvgIpc) is 3.43. The lowest BCUT2D eigenvalue weighted by molar-refractivity contribution is -0.146. The zero-order valence-electron chi connectivity index (χ0n) is 20.7. The summed E-state index contributed by atoms with van der Waals surface area (Å²) >= 11 is 7.97. The van der Waals surface area contributed by atoms with Gasteiger partial charge in [0.1, 0.15) is 12.2 Å². The molecule has 2 aromatic rings. The van der Waals surface area contributed by atoms with Gasteiger partial charge in [-0.15, -0.1) is 11.3 Å². The average molecular weight is 563 g/mol. The first-order chi connectivity index (χ1) is 18.4. The Balaban J connectivity index is 1.56. The van der Waals surface area contributed by atoms with Crippen LogP contribution in [0.2, 0.25) is 5.02 Å². The number of alkyl halides is 1. The fraction of sp³-hybridized carbons (Fsp3) is 0.462. The Morgan fingerprint density at radius 1 is 1.34 bits per heavy atom. The van der Waals surface area contributed by atoms with Crippen molar-refractivity contribution < 1.29 is 28.6 Å². The Morgan fingerprint density at radius 2 is 2.16 bits per heavy atom. The number of aromatic nitrogens is 1. The zero-order chi connectivity index (χ0) is 26.8. The Labute approximate surface area is 228 Å². The number of rotatable bonds is 8. The molecule has 2 fully saturated rings. The molecule has 0 radical (unpaired) electrons. The fourth-order valence-corrected chi connectivity index (χ4v) is 6.28. The van der Waals surface area contributed by atoms with Crippen molar-refractivity contribution in [2.24, 2.45) is 10.9 Å². The highest BCUT2D eigenvalue weighted by molar-refractivity contribution is 7.11. The van der Waals surface area contributed by atoms with Gasteiger partial charge in [0, 0.05) is 46.4 Å². The zero-order valence-corrected chi connectivity index (χ0v) is 22.3. The van der Waals surface area contributed by atoms with Crippen molar-refractivity contribution in [3.05, 3.63) is 62.7 Å². The lowest BCUT2D eigenvalue weighted by Gasteiger charge is -2.50. The van der Waals surface area contributed by atoms with Crippen LogP contribution in [0, 0.1) is 5.92 Å². The first-order valence-electron chi connectivity index (χ1n) is 12.5. The Kier molecular flexibility index (Phi) is 8.08. The number of morpholine rings is 1. The second-order valence-corrected chi connectivity index (χ2v) is 10.7. The molecule has 1 aromatic carbocycles. The number of hydrogen-bond acceptors (Lipinski definition) is 9. The van der Waals surface area contributed by atoms with E-state index in [0.717, 1.165) is 0 Å². The number of nitrogens with zero attached hydrogens (tertiary/aromatic N) is 3. The second-order valence-electron chi connectivity index (χ2n) is 9.45. The van der Waals surface area contributed by atoms with Gasteiger partial charge in [-0.25, -0.2) is 14.2 Å². The lowest BCUT2D eigenvalue weighted by atomic mass is 9.81. The van der Waals surface area contributed by atoms with Crippen LogP contribution in [0.5, 0.6) is 0 Å². The van der Waals surface area contributed by atoms with Gasteiger partial charge in [-0.2, -0.15) is 0 Å². The molecule has 202 valence electrons. The predicted octanol–water partition coefficient (Wildman–Crippen LogP) is 3.61. The van der Waals surface area contributed by atoms with Crippen molar-refractivity contribution in [2.45, 2.75) is 44.1 Å². The maximum Gasteiger partial charge on any atom is 0.338 e. The van der Waals surface area contributed by atoms with Crippen LogP contribution in [0.3, 0.4) is 0 Å². The van der Waals surface area contributed by atoms with Gasteiger partial charge in [-0.3, -0.25) is 14.7 Å². The minimum Gasteiger partial charge on any atom is -0.481 e. The normalized spacial score (nSPS) is 27.4. The van der Waals surface area contributed by atoms with Crippen molar-refractivity contribution in [2.75, 3.05) is 26.4 Å². The van der Waals surface area contributed by atoms with E-state index in [1.165, 1.54) is 11.3 Å². The van der Waals surface area contributed by atoms with E-state index < -0.39 is 36.1 Å². The Bertz CT molecular complexity index is 1260. The highest BCUT2D eigenvalue weighted by Gasteiger charge is 2.47. The third-order valence-corrected chi connectivity index (χ3v) is 8.24. The van der Waals surface area contributed by atoms with E-state index >= 15 is 4.39 Å². The number of aliphatic carboxylic acids is 1. The maximum atomic E-state index is 15.6. The first-order valence-corrected chi connectivity index (χ1v) is 13.7. The van der Waals surface area contributed by atoms with Gasteiger partial charge in [-0.05, 0) is 19.4 Å². The van der Waals surface area contributed by atoms with Gasteiger partial charge >= 0.3 is 11.9 Å². The van der Waals surface area contributed by atoms with Crippen LogP contribution < -0.4 is 5.32 Å². The van der Waals surface area contributed by atoms with Gasteiger partial charge in [0.05, 0.1) is 37.9 Å². The minimum absolute atomic E-state index is 0.136. The molecule has 1 aromatic heterocycles. The number of carboxylic acid groups (broad SMARTS) is 1. The fourth-order valence-electron chi connectivity index (χ4n) is 5.45. The van der Waals surface area contributed by atoms with E-state index in [1.54, 1.807) is 25.3 Å². The van der Waals surface area contributed by atoms with Gasteiger partial charge < -0.3 is 19.9 Å². The number of amidine groups is 1. The molecule has 0 aliphatic carbocycles. The monoisotopic (exact) mass is 562 g/mol. The third kappa shape index (κ3) is 5.33. The number of fused-ring (bicyclic) bond motifs is 2. The number of halogens is 2. The van der Waals surface area contributed by atoms with E-state index in [0.29, 0.717) is 45.7 Å². The van der Waals surface area contributed by atoms with E-state index in [1.807, 2.05) is 22.4 Å². The number of esters is 1. The molecule has 3 aliphatic heterocycles. The molecular formula is C26H28ClFN4O5S. The SMILES string of the molecule is CCOC(=O)C1=C(CN2C3COCC2C(F)C(CC(=O)O)C3)NC(c2nccs2)=NC1c1ccccc1Cl. The summed E-state index contributed by atoms with van der Waals surface area (Å²) in [5.41, 5.74) is 1.45. The number of carbonyl (C=O) groups is 2. The van der Waals surface area contributed by atoms with Crippen LogP contribution in [0.15, 0.2) is 52.1 Å². The molecule has 9 nitrogen and oxygen atoms in total. The van der Waals surface area contributed by atoms with Crippen LogP contribution in [0.1, 0.15) is 36.4 Å². The number of piperidine rings is 1. The quantitative estimate of drug-likeness (QED) is 0.469. The number of thiazole rings is 1. The molecule has 0 amide bonds. The largest absolute Gasteiger partial charge is 0.481 e. The van der Waals surface area contributed by atoms with E-state index in [-0.39, 0.29) is 32.2 Å². The number of hydrogen-bond donors (Lipinski definition) is 2. The van der Waals surface area contributed by atoms with E-state index in [4.69, 9.17) is 26.1 Å². The van der Waals surface area contributed by atoms with Gasteiger partial charge in [0.25, 0.3) is 0 Å². The number of benzene rings is 1. The predicted molar refractivity (Wildman–Crippen MR) is 140 cm³/mol. The summed E-state index contributed by atoms with van der Waals surface area (Å²) < 4.78 is 26.7. The third-order valence-electron chi connectivity index (χ3n) is 7.12. The summed E-state index contributed by atoms with van der Waals surface area (Å²) in [6, 6.07) is 5.57. The molecule has 5 rings (SSSR count). The summed E-state index contributed by atoms with van der Waals surface area (Å²) in [5, 5.41) is 15.5. The Hall–Kier alpha value is -2.86. The van der Waals surface area contributed by atoms with Gasteiger partial charge in [0.2, 0.25) is 0 Å². The Morgan fingerprint density at radius 3 is 2.87 bits per heavy atom. The number of aliphatic imine (C=N–C) groups is 1. The molecule has 0 saturated carbocycles. The summed E-state index contributed by atoms with van der Waals surface area (Å²) in [6.45, 7) is 2.57. The van der Waals surface area contributed by atoms with Crippen molar-refractivity contribution in [1.29, 1.82) is 0 Å². The summed E-state index contributed by atoms with van der Waals surface area (Å²) in [6.07, 6.45) is 0.394. The van der Waals surface area contributed by atoms with Crippen molar-refractivity contribution in [3.8, 4) is 0 Å². The maximum absolute atomic E-state index is 15.6. The highest BCUT2D eigenvalue weighted by atomic mass is 35.5. The van der Waals surface area contributed by atoms with Crippen molar-refractivity contribution >= 4 is 40.7 Å². The molecule has 5 atom stereocenters. The number of carboxylic acids is 1. The van der Waals surface area contributed by atoms with Crippen LogP contribution in [-0.4, -0.2) is 77.4 Å².